The van der Waals surface area contributed by atoms with Crippen molar-refractivity contribution in [2.24, 2.45) is 0 Å². The van der Waals surface area contributed by atoms with E-state index in [1.807, 2.05) is 36.4 Å². The van der Waals surface area contributed by atoms with Crippen molar-refractivity contribution in [3.8, 4) is 11.8 Å². The molecule has 3 aromatic rings. The van der Waals surface area contributed by atoms with Crippen LogP contribution in [-0.2, 0) is 16.1 Å². The molecule has 0 aliphatic heterocycles. The van der Waals surface area contributed by atoms with E-state index in [2.05, 4.69) is 4.98 Å². The summed E-state index contributed by atoms with van der Waals surface area (Å²) in [5.41, 5.74) is 5.78. The van der Waals surface area contributed by atoms with Gasteiger partial charge in [-0.3, -0.25) is 24.0 Å². The topological polar surface area (TPSA) is 143 Å². The Balaban J connectivity index is 1.98. The minimum absolute atomic E-state index is 0.00190. The number of rotatable bonds is 9. The maximum Gasteiger partial charge on any atom is 0.330 e. The van der Waals surface area contributed by atoms with Crippen LogP contribution >= 0.6 is 0 Å². The minimum Gasteiger partial charge on any atom is -0.481 e. The fourth-order valence-corrected chi connectivity index (χ4v) is 3.39. The van der Waals surface area contributed by atoms with Crippen molar-refractivity contribution in [3.05, 3.63) is 86.6 Å². The van der Waals surface area contributed by atoms with Crippen LogP contribution in [0.1, 0.15) is 18.1 Å². The molecular formula is C24H25N5O5. The van der Waals surface area contributed by atoms with Gasteiger partial charge in [-0.25, -0.2) is 4.79 Å². The number of hydrogen-bond acceptors (Lipinski definition) is 7. The molecule has 0 aliphatic carbocycles. The molecule has 1 heterocycles. The third-order valence-corrected chi connectivity index (χ3v) is 5.08. The van der Waals surface area contributed by atoms with Gasteiger partial charge in [0.05, 0.1) is 24.8 Å². The summed E-state index contributed by atoms with van der Waals surface area (Å²) in [6.45, 7) is 1.73. The number of nitriles is 1. The SMILES string of the molecule is COCCN(C(=O)C(C)Oc1cccc(C#N)c1)c1c(N)n(Cc2ccccc2)c(=O)[nH]c1=O. The first-order valence-electron chi connectivity index (χ1n) is 10.5. The zero-order chi connectivity index (χ0) is 24.7. The van der Waals surface area contributed by atoms with Crippen molar-refractivity contribution in [1.29, 1.82) is 5.26 Å². The van der Waals surface area contributed by atoms with Gasteiger partial charge in [0.2, 0.25) is 0 Å². The number of nitrogens with one attached hydrogen (secondary N) is 1. The van der Waals surface area contributed by atoms with Gasteiger partial charge in [0, 0.05) is 13.7 Å². The van der Waals surface area contributed by atoms with Gasteiger partial charge in [0.25, 0.3) is 11.5 Å². The highest BCUT2D eigenvalue weighted by molar-refractivity contribution is 5.98. The zero-order valence-corrected chi connectivity index (χ0v) is 18.9. The average Bonchev–Trinajstić information content (AvgIpc) is 2.84. The number of hydrogen-bond donors (Lipinski definition) is 2. The Bertz CT molecular complexity index is 1310. The average molecular weight is 463 g/mol. The Hall–Kier alpha value is -4.36. The second-order valence-electron chi connectivity index (χ2n) is 7.45. The van der Waals surface area contributed by atoms with Crippen molar-refractivity contribution in [2.45, 2.75) is 19.6 Å². The number of methoxy groups -OCH3 is 1. The van der Waals surface area contributed by atoms with E-state index >= 15 is 0 Å². The van der Waals surface area contributed by atoms with Gasteiger partial charge in [0.15, 0.2) is 11.8 Å². The van der Waals surface area contributed by atoms with Crippen molar-refractivity contribution in [2.75, 3.05) is 30.9 Å². The number of ether oxygens (including phenoxy) is 2. The van der Waals surface area contributed by atoms with Crippen LogP contribution < -0.4 is 26.6 Å². The molecule has 1 amide bonds. The third kappa shape index (κ3) is 5.51. The molecular weight excluding hydrogens is 438 g/mol. The van der Waals surface area contributed by atoms with E-state index in [-0.39, 0.29) is 31.2 Å². The zero-order valence-electron chi connectivity index (χ0n) is 18.9. The highest BCUT2D eigenvalue weighted by Crippen LogP contribution is 2.21. The number of nitrogens with zero attached hydrogens (tertiary/aromatic N) is 3. The predicted octanol–water partition coefficient (Wildman–Crippen LogP) is 1.49. The molecule has 0 saturated heterocycles. The van der Waals surface area contributed by atoms with Gasteiger partial charge in [-0.1, -0.05) is 36.4 Å². The lowest BCUT2D eigenvalue weighted by Gasteiger charge is -2.27. The van der Waals surface area contributed by atoms with Crippen molar-refractivity contribution in [3.63, 3.8) is 0 Å². The van der Waals surface area contributed by atoms with Crippen LogP contribution in [0.15, 0.2) is 64.2 Å². The first kappa shape index (κ1) is 24.3. The molecule has 1 atom stereocenters. The number of nitrogen functional groups attached to an aromatic ring is 1. The first-order chi connectivity index (χ1) is 16.3. The lowest BCUT2D eigenvalue weighted by Crippen LogP contribution is -2.47. The Labute approximate surface area is 195 Å². The number of aromatic amines is 1. The smallest absolute Gasteiger partial charge is 0.330 e. The van der Waals surface area contributed by atoms with Crippen LogP contribution in [0.3, 0.4) is 0 Å². The van der Waals surface area contributed by atoms with E-state index in [9.17, 15) is 14.4 Å². The summed E-state index contributed by atoms with van der Waals surface area (Å²) in [7, 11) is 1.46. The molecule has 0 spiro atoms. The van der Waals surface area contributed by atoms with Crippen molar-refractivity contribution < 1.29 is 14.3 Å². The third-order valence-electron chi connectivity index (χ3n) is 5.08. The van der Waals surface area contributed by atoms with Crippen LogP contribution in [-0.4, -0.2) is 41.8 Å². The summed E-state index contributed by atoms with van der Waals surface area (Å²) in [5, 5.41) is 9.08. The molecule has 176 valence electrons. The maximum absolute atomic E-state index is 13.4. The molecule has 2 aromatic carbocycles. The van der Waals surface area contributed by atoms with Crippen LogP contribution in [0.25, 0.3) is 0 Å². The number of nitrogens with two attached hydrogens (primary N) is 1. The van der Waals surface area contributed by atoms with Gasteiger partial charge < -0.3 is 15.2 Å². The number of amides is 1. The summed E-state index contributed by atoms with van der Waals surface area (Å²) in [6, 6.07) is 17.5. The van der Waals surface area contributed by atoms with Crippen molar-refractivity contribution >= 4 is 17.4 Å². The monoisotopic (exact) mass is 463 g/mol. The fourth-order valence-electron chi connectivity index (χ4n) is 3.39. The Morgan fingerprint density at radius 3 is 2.62 bits per heavy atom. The lowest BCUT2D eigenvalue weighted by atomic mass is 10.2. The molecule has 1 aromatic heterocycles. The van der Waals surface area contributed by atoms with E-state index in [0.717, 1.165) is 10.5 Å². The van der Waals surface area contributed by atoms with E-state index in [1.165, 1.54) is 24.7 Å². The molecule has 0 bridgehead atoms. The molecule has 0 aliphatic rings. The lowest BCUT2D eigenvalue weighted by molar-refractivity contribution is -0.124. The normalized spacial score (nSPS) is 11.4. The largest absolute Gasteiger partial charge is 0.481 e. The molecule has 10 heteroatoms. The molecule has 0 radical (unpaired) electrons. The van der Waals surface area contributed by atoms with Gasteiger partial charge in [-0.2, -0.15) is 5.26 Å². The number of H-pyrrole nitrogens is 1. The number of carbonyl (C=O) groups is 1. The number of carbonyl (C=O) groups excluding carboxylic acids is 1. The summed E-state index contributed by atoms with van der Waals surface area (Å²) >= 11 is 0. The van der Waals surface area contributed by atoms with E-state index < -0.39 is 23.3 Å². The molecule has 0 fully saturated rings. The summed E-state index contributed by atoms with van der Waals surface area (Å²) < 4.78 is 12.0. The second-order valence-corrected chi connectivity index (χ2v) is 7.45. The maximum atomic E-state index is 13.4. The predicted molar refractivity (Wildman–Crippen MR) is 127 cm³/mol. The van der Waals surface area contributed by atoms with Crippen LogP contribution in [0.5, 0.6) is 5.75 Å². The van der Waals surface area contributed by atoms with Crippen LogP contribution in [0.4, 0.5) is 11.5 Å². The molecule has 3 rings (SSSR count). The molecule has 1 unspecified atom stereocenters. The van der Waals surface area contributed by atoms with Crippen molar-refractivity contribution in [1.82, 2.24) is 9.55 Å². The number of anilines is 2. The Morgan fingerprint density at radius 1 is 1.21 bits per heavy atom. The van der Waals surface area contributed by atoms with E-state index in [1.54, 1.807) is 18.2 Å². The fraction of sp³-hybridized carbons (Fsp3) is 0.250. The highest BCUT2D eigenvalue weighted by Gasteiger charge is 2.29. The van der Waals surface area contributed by atoms with E-state index in [0.29, 0.717) is 11.3 Å². The van der Waals surface area contributed by atoms with Gasteiger partial charge in [-0.05, 0) is 30.7 Å². The Morgan fingerprint density at radius 2 is 1.94 bits per heavy atom. The summed E-state index contributed by atoms with van der Waals surface area (Å²) in [6.07, 6.45) is -1.03. The van der Waals surface area contributed by atoms with Gasteiger partial charge in [0.1, 0.15) is 11.6 Å². The molecule has 10 nitrogen and oxygen atoms in total. The highest BCUT2D eigenvalue weighted by atomic mass is 16.5. The number of aromatic nitrogens is 2. The second kappa shape index (κ2) is 11.0. The quantitative estimate of drug-likeness (QED) is 0.489. The first-order valence-corrected chi connectivity index (χ1v) is 10.5. The molecule has 0 saturated carbocycles. The standard InChI is InChI=1S/C24H25N5O5/c1-16(34-19-10-6-9-18(13-19)14-25)23(31)28(11-12-33-2)20-21(26)29(24(32)27-22(20)30)15-17-7-4-3-5-8-17/h3-10,13,16H,11-12,15,26H2,1-2H3,(H,27,30,32). The summed E-state index contributed by atoms with van der Waals surface area (Å²) in [4.78, 5) is 42.0. The molecule has 34 heavy (non-hydrogen) atoms. The number of benzene rings is 2. The van der Waals surface area contributed by atoms with E-state index in [4.69, 9.17) is 20.5 Å². The summed E-state index contributed by atoms with van der Waals surface area (Å²) in [5.74, 6) is -0.398. The minimum atomic E-state index is -1.03. The molecule has 3 N–H and O–H groups in total. The van der Waals surface area contributed by atoms with Crippen LogP contribution in [0, 0.1) is 11.3 Å². The van der Waals surface area contributed by atoms with Crippen LogP contribution in [0.2, 0.25) is 0 Å². The Kier molecular flexibility index (Phi) is 7.84. The van der Waals surface area contributed by atoms with Gasteiger partial charge in [-0.15, -0.1) is 0 Å². The van der Waals surface area contributed by atoms with Gasteiger partial charge >= 0.3 is 5.69 Å².